The largest absolute Gasteiger partial charge is 0.463 e. The van der Waals surface area contributed by atoms with Gasteiger partial charge in [0.15, 0.2) is 5.76 Å². The molecule has 0 saturated heterocycles. The zero-order valence-corrected chi connectivity index (χ0v) is 10.4. The van der Waals surface area contributed by atoms with Gasteiger partial charge in [-0.1, -0.05) is 13.3 Å². The lowest BCUT2D eigenvalue weighted by Crippen LogP contribution is -2.13. The molecule has 2 aromatic rings. The lowest BCUT2D eigenvalue weighted by Gasteiger charge is -2.09. The Labute approximate surface area is 101 Å². The van der Waals surface area contributed by atoms with Crippen molar-refractivity contribution in [3.63, 3.8) is 0 Å². The van der Waals surface area contributed by atoms with Gasteiger partial charge in [-0.15, -0.1) is 0 Å². The number of H-pyrrole nitrogens is 1. The summed E-state index contributed by atoms with van der Waals surface area (Å²) < 4.78 is 5.37. The van der Waals surface area contributed by atoms with Crippen LogP contribution < -0.4 is 5.73 Å². The van der Waals surface area contributed by atoms with Crippen molar-refractivity contribution in [2.75, 3.05) is 6.54 Å². The Morgan fingerprint density at radius 2 is 2.35 bits per heavy atom. The molecule has 0 aromatic carbocycles. The van der Waals surface area contributed by atoms with E-state index in [1.807, 2.05) is 19.1 Å². The number of aryl methyl sites for hydroxylation is 1. The molecule has 3 N–H and O–H groups in total. The fraction of sp³-hybridized carbons (Fsp3) is 0.462. The fourth-order valence-electron chi connectivity index (χ4n) is 2.04. The molecule has 17 heavy (non-hydrogen) atoms. The van der Waals surface area contributed by atoms with E-state index in [2.05, 4.69) is 16.9 Å². The third-order valence-corrected chi connectivity index (χ3v) is 2.97. The van der Waals surface area contributed by atoms with E-state index in [4.69, 9.17) is 10.2 Å². The summed E-state index contributed by atoms with van der Waals surface area (Å²) in [6.45, 7) is 4.79. The Morgan fingerprint density at radius 1 is 1.53 bits per heavy atom. The molecule has 0 aliphatic heterocycles. The van der Waals surface area contributed by atoms with E-state index in [1.165, 1.54) is 0 Å². The van der Waals surface area contributed by atoms with E-state index in [1.54, 1.807) is 6.26 Å². The maximum absolute atomic E-state index is 5.79. The molecule has 0 amide bonds. The molecule has 0 aliphatic carbocycles. The monoisotopic (exact) mass is 233 g/mol. The number of nitrogens with zero attached hydrogens (tertiary/aromatic N) is 1. The highest BCUT2D eigenvalue weighted by atomic mass is 16.3. The summed E-state index contributed by atoms with van der Waals surface area (Å²) in [5.41, 5.74) is 7.71. The highest BCUT2D eigenvalue weighted by Gasteiger charge is 2.17. The van der Waals surface area contributed by atoms with Gasteiger partial charge in [-0.25, -0.2) is 4.98 Å². The van der Waals surface area contributed by atoms with Gasteiger partial charge in [-0.2, -0.15) is 0 Å². The predicted molar refractivity (Wildman–Crippen MR) is 67.7 cm³/mol. The van der Waals surface area contributed by atoms with E-state index in [9.17, 15) is 0 Å². The summed E-state index contributed by atoms with van der Waals surface area (Å²) in [5.74, 6) is 2.08. The van der Waals surface area contributed by atoms with Crippen molar-refractivity contribution < 1.29 is 4.42 Å². The second-order valence-corrected chi connectivity index (χ2v) is 4.29. The van der Waals surface area contributed by atoms with Crippen LogP contribution in [0.3, 0.4) is 0 Å². The van der Waals surface area contributed by atoms with Gasteiger partial charge < -0.3 is 15.1 Å². The number of hydrogen-bond donors (Lipinski definition) is 2. The summed E-state index contributed by atoms with van der Waals surface area (Å²) in [7, 11) is 0. The first-order chi connectivity index (χ1) is 8.26. The van der Waals surface area contributed by atoms with Crippen molar-refractivity contribution in [3.05, 3.63) is 29.9 Å². The summed E-state index contributed by atoms with van der Waals surface area (Å²) >= 11 is 0. The SMILES string of the molecule is CCCC(CN)c1nc(-c2ccco2)c(C)[nH]1. The lowest BCUT2D eigenvalue weighted by molar-refractivity contribution is 0.577. The number of imidazole rings is 1. The topological polar surface area (TPSA) is 67.8 Å². The maximum Gasteiger partial charge on any atom is 0.154 e. The Morgan fingerprint density at radius 3 is 2.94 bits per heavy atom. The number of nitrogens with one attached hydrogen (secondary N) is 1. The van der Waals surface area contributed by atoms with Crippen LogP contribution in [0.5, 0.6) is 0 Å². The third kappa shape index (κ3) is 2.42. The molecule has 0 spiro atoms. The molecular formula is C13H19N3O. The molecule has 1 unspecified atom stereocenters. The second kappa shape index (κ2) is 5.19. The minimum atomic E-state index is 0.308. The third-order valence-electron chi connectivity index (χ3n) is 2.97. The van der Waals surface area contributed by atoms with E-state index in [-0.39, 0.29) is 0 Å². The molecule has 2 heterocycles. The first-order valence-electron chi connectivity index (χ1n) is 6.06. The molecule has 4 heteroatoms. The summed E-state index contributed by atoms with van der Waals surface area (Å²) in [5, 5.41) is 0. The molecular weight excluding hydrogens is 214 g/mol. The van der Waals surface area contributed by atoms with Crippen LogP contribution in [-0.4, -0.2) is 16.5 Å². The van der Waals surface area contributed by atoms with E-state index < -0.39 is 0 Å². The lowest BCUT2D eigenvalue weighted by atomic mass is 10.0. The number of aromatic amines is 1. The average Bonchev–Trinajstić information content (AvgIpc) is 2.94. The van der Waals surface area contributed by atoms with Crippen molar-refractivity contribution in [2.45, 2.75) is 32.6 Å². The molecule has 2 rings (SSSR count). The number of hydrogen-bond acceptors (Lipinski definition) is 3. The highest BCUT2D eigenvalue weighted by molar-refractivity contribution is 5.55. The van der Waals surface area contributed by atoms with Crippen LogP contribution in [0.25, 0.3) is 11.5 Å². The Balaban J connectivity index is 2.29. The molecule has 4 nitrogen and oxygen atoms in total. The maximum atomic E-state index is 5.79. The minimum Gasteiger partial charge on any atom is -0.463 e. The van der Waals surface area contributed by atoms with Gasteiger partial charge in [0.25, 0.3) is 0 Å². The van der Waals surface area contributed by atoms with Crippen LogP contribution in [0.4, 0.5) is 0 Å². The molecule has 0 saturated carbocycles. The summed E-state index contributed by atoms with van der Waals surface area (Å²) in [6, 6.07) is 3.79. The van der Waals surface area contributed by atoms with Crippen molar-refractivity contribution >= 4 is 0 Å². The van der Waals surface area contributed by atoms with Gasteiger partial charge in [-0.05, 0) is 25.5 Å². The van der Waals surface area contributed by atoms with Crippen LogP contribution in [-0.2, 0) is 0 Å². The van der Waals surface area contributed by atoms with Crippen molar-refractivity contribution in [1.82, 2.24) is 9.97 Å². The average molecular weight is 233 g/mol. The van der Waals surface area contributed by atoms with Crippen LogP contribution in [0.1, 0.15) is 37.2 Å². The van der Waals surface area contributed by atoms with Crippen LogP contribution in [0.2, 0.25) is 0 Å². The van der Waals surface area contributed by atoms with Gasteiger partial charge in [0.1, 0.15) is 11.5 Å². The molecule has 0 aliphatic rings. The molecule has 0 radical (unpaired) electrons. The van der Waals surface area contributed by atoms with Crippen LogP contribution in [0.15, 0.2) is 22.8 Å². The number of aromatic nitrogens is 2. The quantitative estimate of drug-likeness (QED) is 0.834. The highest BCUT2D eigenvalue weighted by Crippen LogP contribution is 2.25. The predicted octanol–water partition coefficient (Wildman–Crippen LogP) is 2.82. The van der Waals surface area contributed by atoms with E-state index >= 15 is 0 Å². The molecule has 0 bridgehead atoms. The zero-order chi connectivity index (χ0) is 12.3. The molecule has 1 atom stereocenters. The van der Waals surface area contributed by atoms with Crippen molar-refractivity contribution in [3.8, 4) is 11.5 Å². The minimum absolute atomic E-state index is 0.308. The zero-order valence-electron chi connectivity index (χ0n) is 10.4. The molecule has 92 valence electrons. The Kier molecular flexibility index (Phi) is 3.64. The van der Waals surface area contributed by atoms with E-state index in [0.29, 0.717) is 12.5 Å². The summed E-state index contributed by atoms with van der Waals surface area (Å²) in [4.78, 5) is 7.93. The molecule has 0 fully saturated rings. The Bertz CT molecular complexity index is 459. The van der Waals surface area contributed by atoms with Crippen LogP contribution in [0, 0.1) is 6.92 Å². The first kappa shape index (κ1) is 11.9. The first-order valence-corrected chi connectivity index (χ1v) is 6.06. The standard InChI is InChI=1S/C13H19N3O/c1-3-5-10(8-14)13-15-9(2)12(16-13)11-6-4-7-17-11/h4,6-7,10H,3,5,8,14H2,1-2H3,(H,15,16). The van der Waals surface area contributed by atoms with Gasteiger partial charge in [0.05, 0.1) is 6.26 Å². The smallest absolute Gasteiger partial charge is 0.154 e. The number of rotatable bonds is 5. The van der Waals surface area contributed by atoms with Crippen LogP contribution >= 0.6 is 0 Å². The van der Waals surface area contributed by atoms with Crippen molar-refractivity contribution in [2.24, 2.45) is 5.73 Å². The summed E-state index contributed by atoms with van der Waals surface area (Å²) in [6.07, 6.45) is 3.83. The van der Waals surface area contributed by atoms with Gasteiger partial charge in [-0.3, -0.25) is 0 Å². The van der Waals surface area contributed by atoms with Gasteiger partial charge >= 0.3 is 0 Å². The normalized spacial score (nSPS) is 12.9. The van der Waals surface area contributed by atoms with Crippen molar-refractivity contribution in [1.29, 1.82) is 0 Å². The second-order valence-electron chi connectivity index (χ2n) is 4.29. The van der Waals surface area contributed by atoms with Gasteiger partial charge in [0, 0.05) is 18.2 Å². The molecule has 2 aromatic heterocycles. The number of furan rings is 1. The fourth-order valence-corrected chi connectivity index (χ4v) is 2.04. The Hall–Kier alpha value is -1.55. The van der Waals surface area contributed by atoms with E-state index in [0.717, 1.165) is 35.8 Å². The number of nitrogens with two attached hydrogens (primary N) is 1. The van der Waals surface area contributed by atoms with Gasteiger partial charge in [0.2, 0.25) is 0 Å².